The minimum Gasteiger partial charge on any atom is -0.467 e. The number of ether oxygens (including phenoxy) is 1. The molecule has 0 saturated carbocycles. The molecule has 0 radical (unpaired) electrons. The van der Waals surface area contributed by atoms with Crippen LogP contribution in [-0.4, -0.2) is 45.3 Å². The Balaban J connectivity index is 0.00000341. The van der Waals surface area contributed by atoms with E-state index in [9.17, 15) is 8.78 Å². The maximum atomic E-state index is 13.5. The fraction of sp³-hybridized carbons (Fsp3) is 0.500. The molecule has 2 heterocycles. The van der Waals surface area contributed by atoms with Crippen LogP contribution in [0.3, 0.4) is 0 Å². The Morgan fingerprint density at radius 3 is 2.87 bits per heavy atom. The van der Waals surface area contributed by atoms with Gasteiger partial charge in [-0.1, -0.05) is 0 Å². The summed E-state index contributed by atoms with van der Waals surface area (Å²) in [5.41, 5.74) is 0.722. The predicted molar refractivity (Wildman–Crippen MR) is 129 cm³/mol. The van der Waals surface area contributed by atoms with Crippen LogP contribution in [0.4, 0.5) is 14.5 Å². The van der Waals surface area contributed by atoms with Crippen molar-refractivity contribution in [2.24, 2.45) is 10.9 Å². The van der Waals surface area contributed by atoms with Gasteiger partial charge in [0, 0.05) is 51.1 Å². The van der Waals surface area contributed by atoms with Gasteiger partial charge in [-0.15, -0.1) is 24.0 Å². The van der Waals surface area contributed by atoms with Crippen LogP contribution in [0.1, 0.15) is 25.5 Å². The van der Waals surface area contributed by atoms with Crippen LogP contribution in [0.25, 0.3) is 0 Å². The Bertz CT molecular complexity index is 805. The van der Waals surface area contributed by atoms with Gasteiger partial charge in [-0.25, -0.2) is 8.78 Å². The van der Waals surface area contributed by atoms with E-state index in [1.165, 1.54) is 12.1 Å². The first kappa shape index (κ1) is 25.4. The number of halogens is 3. The van der Waals surface area contributed by atoms with Gasteiger partial charge in [0.25, 0.3) is 0 Å². The fourth-order valence-electron chi connectivity index (χ4n) is 3.41. The lowest BCUT2D eigenvalue weighted by Crippen LogP contribution is -2.38. The third-order valence-corrected chi connectivity index (χ3v) is 4.99. The average molecular weight is 548 g/mol. The van der Waals surface area contributed by atoms with E-state index >= 15 is 0 Å². The highest BCUT2D eigenvalue weighted by molar-refractivity contribution is 14.0. The van der Waals surface area contributed by atoms with Crippen molar-refractivity contribution in [2.45, 2.75) is 26.4 Å². The molecule has 0 spiro atoms. The Morgan fingerprint density at radius 1 is 1.26 bits per heavy atom. The number of nitrogens with zero attached hydrogens (tertiary/aromatic N) is 2. The summed E-state index contributed by atoms with van der Waals surface area (Å²) in [6, 6.07) is 7.82. The third-order valence-electron chi connectivity index (χ3n) is 4.99. The molecule has 0 aliphatic carbocycles. The first-order valence-corrected chi connectivity index (χ1v) is 10.5. The Labute approximate surface area is 199 Å². The zero-order valence-electron chi connectivity index (χ0n) is 17.8. The van der Waals surface area contributed by atoms with Gasteiger partial charge in [0.1, 0.15) is 12.4 Å². The van der Waals surface area contributed by atoms with Crippen molar-refractivity contribution < 1.29 is 17.9 Å². The summed E-state index contributed by atoms with van der Waals surface area (Å²) in [5, 5.41) is 6.58. The molecule has 0 bridgehead atoms. The number of furan rings is 1. The van der Waals surface area contributed by atoms with E-state index in [2.05, 4.69) is 15.5 Å². The number of rotatable bonds is 10. The second-order valence-electron chi connectivity index (χ2n) is 7.33. The van der Waals surface area contributed by atoms with E-state index in [1.54, 1.807) is 12.3 Å². The molecule has 1 saturated heterocycles. The van der Waals surface area contributed by atoms with Gasteiger partial charge >= 0.3 is 0 Å². The van der Waals surface area contributed by atoms with Gasteiger partial charge in [0.05, 0.1) is 6.26 Å². The summed E-state index contributed by atoms with van der Waals surface area (Å²) in [6.45, 7) is 6.99. The van der Waals surface area contributed by atoms with Gasteiger partial charge in [-0.05, 0) is 49.9 Å². The highest BCUT2D eigenvalue weighted by Gasteiger charge is 2.23. The van der Waals surface area contributed by atoms with Gasteiger partial charge in [-0.3, -0.25) is 4.99 Å². The molecule has 3 rings (SSSR count). The number of nitrogens with one attached hydrogen (secondary N) is 2. The molecular weight excluding hydrogens is 517 g/mol. The number of guanidine groups is 1. The van der Waals surface area contributed by atoms with E-state index in [1.807, 2.05) is 19.1 Å². The molecule has 172 valence electrons. The van der Waals surface area contributed by atoms with E-state index in [0.29, 0.717) is 25.7 Å². The quantitative estimate of drug-likeness (QED) is 0.202. The smallest absolute Gasteiger partial charge is 0.191 e. The van der Waals surface area contributed by atoms with E-state index < -0.39 is 11.6 Å². The fourth-order valence-corrected chi connectivity index (χ4v) is 3.41. The summed E-state index contributed by atoms with van der Waals surface area (Å²) >= 11 is 0. The summed E-state index contributed by atoms with van der Waals surface area (Å²) in [5.74, 6) is 0.374. The van der Waals surface area contributed by atoms with Crippen LogP contribution in [-0.2, 0) is 11.3 Å². The Kier molecular flexibility index (Phi) is 11.1. The lowest BCUT2D eigenvalue weighted by molar-refractivity contribution is 0.105. The molecule has 1 aliphatic rings. The molecule has 2 N–H and O–H groups in total. The molecule has 1 aromatic carbocycles. The Morgan fingerprint density at radius 2 is 2.13 bits per heavy atom. The van der Waals surface area contributed by atoms with Gasteiger partial charge < -0.3 is 24.7 Å². The second-order valence-corrected chi connectivity index (χ2v) is 7.33. The standard InChI is InChI=1S/C22H30F2N4O2.HI/c1-2-25-22(26-9-4-11-29-16-19-5-3-12-30-19)27-14-17-8-10-28(15-17)18-6-7-20(23)21(24)13-18;/h3,5-7,12-13,17H,2,4,8-11,14-16H2,1H3,(H2,25,26,27);1H. The van der Waals surface area contributed by atoms with Gasteiger partial charge in [0.15, 0.2) is 17.6 Å². The van der Waals surface area contributed by atoms with Crippen LogP contribution in [0.2, 0.25) is 0 Å². The zero-order valence-corrected chi connectivity index (χ0v) is 20.1. The number of hydrogen-bond donors (Lipinski definition) is 2. The number of anilines is 1. The molecule has 9 heteroatoms. The van der Waals surface area contributed by atoms with Crippen molar-refractivity contribution >= 4 is 35.6 Å². The van der Waals surface area contributed by atoms with Crippen LogP contribution in [0, 0.1) is 17.6 Å². The lowest BCUT2D eigenvalue weighted by atomic mass is 10.1. The number of hydrogen-bond acceptors (Lipinski definition) is 4. The van der Waals surface area contributed by atoms with Crippen LogP contribution >= 0.6 is 24.0 Å². The maximum Gasteiger partial charge on any atom is 0.191 e. The molecular formula is C22H31F2IN4O2. The largest absolute Gasteiger partial charge is 0.467 e. The van der Waals surface area contributed by atoms with Crippen molar-refractivity contribution in [2.75, 3.05) is 44.2 Å². The molecule has 0 amide bonds. The van der Waals surface area contributed by atoms with Gasteiger partial charge in [-0.2, -0.15) is 0 Å². The molecule has 1 unspecified atom stereocenters. The summed E-state index contributed by atoms with van der Waals surface area (Å²) in [4.78, 5) is 6.77. The average Bonchev–Trinajstić information content (AvgIpc) is 3.43. The third kappa shape index (κ3) is 8.29. The Hall–Kier alpha value is -1.88. The molecule has 6 nitrogen and oxygen atoms in total. The topological polar surface area (TPSA) is 62.0 Å². The van der Waals surface area contributed by atoms with Crippen LogP contribution in [0.15, 0.2) is 46.0 Å². The predicted octanol–water partition coefficient (Wildman–Crippen LogP) is 4.16. The van der Waals surface area contributed by atoms with Crippen molar-refractivity contribution in [3.8, 4) is 0 Å². The number of aliphatic imine (C=N–C) groups is 1. The van der Waals surface area contributed by atoms with Crippen molar-refractivity contribution in [3.63, 3.8) is 0 Å². The SMILES string of the molecule is CCNC(=NCC1CCN(c2ccc(F)c(F)c2)C1)NCCCOCc1ccco1.I. The monoisotopic (exact) mass is 548 g/mol. The first-order valence-electron chi connectivity index (χ1n) is 10.5. The zero-order chi connectivity index (χ0) is 21.2. The van der Waals surface area contributed by atoms with Crippen LogP contribution in [0.5, 0.6) is 0 Å². The van der Waals surface area contributed by atoms with E-state index in [-0.39, 0.29) is 24.0 Å². The van der Waals surface area contributed by atoms with Gasteiger partial charge in [0.2, 0.25) is 0 Å². The lowest BCUT2D eigenvalue weighted by Gasteiger charge is -2.18. The van der Waals surface area contributed by atoms with Crippen molar-refractivity contribution in [3.05, 3.63) is 54.0 Å². The summed E-state index contributed by atoms with van der Waals surface area (Å²) < 4.78 is 37.4. The van der Waals surface area contributed by atoms with Crippen molar-refractivity contribution in [1.82, 2.24) is 10.6 Å². The highest BCUT2D eigenvalue weighted by atomic mass is 127. The van der Waals surface area contributed by atoms with Crippen LogP contribution < -0.4 is 15.5 Å². The van der Waals surface area contributed by atoms with Crippen molar-refractivity contribution in [1.29, 1.82) is 0 Å². The molecule has 1 aliphatic heterocycles. The summed E-state index contributed by atoms with van der Waals surface area (Å²) in [6.07, 6.45) is 3.47. The normalized spacial score (nSPS) is 16.3. The molecule has 1 fully saturated rings. The summed E-state index contributed by atoms with van der Waals surface area (Å²) in [7, 11) is 0. The number of benzene rings is 1. The first-order chi connectivity index (χ1) is 14.7. The highest BCUT2D eigenvalue weighted by Crippen LogP contribution is 2.25. The van der Waals surface area contributed by atoms with E-state index in [4.69, 9.17) is 14.1 Å². The molecule has 31 heavy (non-hydrogen) atoms. The maximum absolute atomic E-state index is 13.5. The minimum absolute atomic E-state index is 0. The molecule has 2 aromatic rings. The molecule has 1 atom stereocenters. The van der Waals surface area contributed by atoms with E-state index in [0.717, 1.165) is 56.4 Å². The molecule has 1 aromatic heterocycles. The second kappa shape index (κ2) is 13.5. The minimum atomic E-state index is -0.813.